The fourth-order valence-corrected chi connectivity index (χ4v) is 7.52. The lowest BCUT2D eigenvalue weighted by molar-refractivity contribution is -0.138. The highest BCUT2D eigenvalue weighted by Gasteiger charge is 2.49. The van der Waals surface area contributed by atoms with E-state index in [4.69, 9.17) is 23.2 Å². The van der Waals surface area contributed by atoms with E-state index in [1.54, 1.807) is 6.92 Å². The average molecular weight is 596 g/mol. The monoisotopic (exact) mass is 595 g/mol. The Balaban J connectivity index is 2.04. The summed E-state index contributed by atoms with van der Waals surface area (Å²) in [7, 11) is -8.52. The molecule has 1 aliphatic rings. The number of carboxylic acid groups (broad SMARTS) is 1. The Kier molecular flexibility index (Phi) is 9.19. The minimum Gasteiger partial charge on any atom is -0.481 e. The molecule has 1 heterocycles. The van der Waals surface area contributed by atoms with Crippen molar-refractivity contribution in [2.24, 2.45) is 0 Å². The van der Waals surface area contributed by atoms with Crippen LogP contribution in [0.2, 0.25) is 10.0 Å². The first-order valence-electron chi connectivity index (χ1n) is 11.0. The molecule has 2 aromatic rings. The van der Waals surface area contributed by atoms with Gasteiger partial charge in [0.25, 0.3) is 5.91 Å². The Labute approximate surface area is 224 Å². The summed E-state index contributed by atoms with van der Waals surface area (Å²) in [5, 5.41) is 11.8. The van der Waals surface area contributed by atoms with Gasteiger partial charge in [0.1, 0.15) is 5.82 Å². The topological polar surface area (TPSA) is 141 Å². The van der Waals surface area contributed by atoms with Gasteiger partial charge in [-0.3, -0.25) is 9.59 Å². The summed E-state index contributed by atoms with van der Waals surface area (Å²) in [6.45, 7) is 0.967. The van der Waals surface area contributed by atoms with Crippen LogP contribution in [0, 0.1) is 5.82 Å². The summed E-state index contributed by atoms with van der Waals surface area (Å²) in [5.74, 6) is -3.28. The summed E-state index contributed by atoms with van der Waals surface area (Å²) in [6, 6.07) is 7.01. The van der Waals surface area contributed by atoms with E-state index in [0.29, 0.717) is 0 Å². The van der Waals surface area contributed by atoms with Crippen LogP contribution in [-0.2, 0) is 29.6 Å². The molecule has 1 fully saturated rings. The van der Waals surface area contributed by atoms with Crippen molar-refractivity contribution in [1.82, 2.24) is 13.9 Å². The summed E-state index contributed by atoms with van der Waals surface area (Å²) in [4.78, 5) is 24.7. The van der Waals surface area contributed by atoms with Crippen LogP contribution in [0.25, 0.3) is 0 Å². The van der Waals surface area contributed by atoms with Crippen molar-refractivity contribution < 1.29 is 35.9 Å². The molecule has 0 spiro atoms. The molecule has 202 valence electrons. The van der Waals surface area contributed by atoms with Gasteiger partial charge in [-0.05, 0) is 42.3 Å². The zero-order valence-corrected chi connectivity index (χ0v) is 22.6. The molecule has 0 aliphatic carbocycles. The van der Waals surface area contributed by atoms with Crippen molar-refractivity contribution >= 4 is 55.1 Å². The average Bonchev–Trinajstić information content (AvgIpc) is 3.28. The zero-order valence-electron chi connectivity index (χ0n) is 19.5. The van der Waals surface area contributed by atoms with Gasteiger partial charge < -0.3 is 10.4 Å². The van der Waals surface area contributed by atoms with E-state index < -0.39 is 56.4 Å². The molecule has 2 N–H and O–H groups in total. The van der Waals surface area contributed by atoms with Gasteiger partial charge in [-0.25, -0.2) is 21.2 Å². The minimum absolute atomic E-state index is 0.0590. The number of carbonyl (C=O) groups excluding carboxylic acids is 1. The lowest BCUT2D eigenvalue weighted by atomic mass is 10.0. The van der Waals surface area contributed by atoms with Crippen molar-refractivity contribution in [2.45, 2.75) is 36.9 Å². The normalized spacial score (nSPS) is 18.0. The van der Waals surface area contributed by atoms with Crippen LogP contribution in [0.5, 0.6) is 0 Å². The highest BCUT2D eigenvalue weighted by atomic mass is 35.5. The third-order valence-corrected chi connectivity index (χ3v) is 10.2. The summed E-state index contributed by atoms with van der Waals surface area (Å²) >= 11 is 11.9. The molecule has 15 heteroatoms. The highest BCUT2D eigenvalue weighted by molar-refractivity contribution is 7.90. The van der Waals surface area contributed by atoms with Gasteiger partial charge in [0, 0.05) is 13.1 Å². The maximum atomic E-state index is 13.5. The molecule has 2 atom stereocenters. The maximum absolute atomic E-state index is 13.5. The number of rotatable bonds is 10. The molecule has 1 amide bonds. The van der Waals surface area contributed by atoms with Gasteiger partial charge in [-0.1, -0.05) is 42.3 Å². The SMILES string of the molecule is CCCS(=O)(=O)N1CCN(S(=O)(=O)c2ccc(Cl)c(Cl)c2)C1C(=O)NC(CC(=O)O)c1ccc(F)cc1. The lowest BCUT2D eigenvalue weighted by Gasteiger charge is -2.30. The second-order valence-corrected chi connectivity index (χ2v) is 12.9. The smallest absolute Gasteiger partial charge is 0.305 e. The molecular formula is C22H24Cl2FN3O7S2. The van der Waals surface area contributed by atoms with E-state index in [9.17, 15) is 35.9 Å². The number of halogens is 3. The number of carboxylic acids is 1. The summed E-state index contributed by atoms with van der Waals surface area (Å²) in [5.41, 5.74) is 0.233. The standard InChI is InChI=1S/C22H24Cl2FN3O7S2/c1-2-11-36(32,33)27-9-10-28(37(34,35)16-7-8-17(23)18(24)12-16)22(27)21(31)26-19(13-20(29)30)14-3-5-15(25)6-4-14/h3-8,12,19,22H,2,9-11,13H2,1H3,(H,26,31)(H,29,30). The van der Waals surface area contributed by atoms with Crippen molar-refractivity contribution in [3.63, 3.8) is 0 Å². The number of aliphatic carboxylic acids is 1. The van der Waals surface area contributed by atoms with E-state index in [-0.39, 0.29) is 45.8 Å². The second-order valence-electron chi connectivity index (χ2n) is 8.20. The Hall–Kier alpha value is -2.29. The number of sulfonamides is 2. The first-order valence-corrected chi connectivity index (χ1v) is 14.8. The number of carbonyl (C=O) groups is 2. The molecule has 1 saturated heterocycles. The molecule has 2 unspecified atom stereocenters. The number of hydrogen-bond acceptors (Lipinski definition) is 6. The van der Waals surface area contributed by atoms with Crippen LogP contribution < -0.4 is 5.32 Å². The van der Waals surface area contributed by atoms with Crippen LogP contribution in [0.15, 0.2) is 47.4 Å². The molecular weight excluding hydrogens is 572 g/mol. The number of nitrogens with zero attached hydrogens (tertiary/aromatic N) is 2. The molecule has 0 aromatic heterocycles. The van der Waals surface area contributed by atoms with Crippen LogP contribution in [0.1, 0.15) is 31.4 Å². The first kappa shape index (κ1) is 29.3. The third-order valence-electron chi connectivity index (χ3n) is 5.61. The van der Waals surface area contributed by atoms with E-state index in [1.807, 2.05) is 0 Å². The summed E-state index contributed by atoms with van der Waals surface area (Å²) < 4.78 is 67.9. The van der Waals surface area contributed by atoms with Crippen LogP contribution in [-0.4, -0.2) is 67.4 Å². The number of amides is 1. The van der Waals surface area contributed by atoms with E-state index in [1.165, 1.54) is 24.3 Å². The number of benzene rings is 2. The Bertz CT molecular complexity index is 1390. The fraction of sp³-hybridized carbons (Fsp3) is 0.364. The van der Waals surface area contributed by atoms with Crippen molar-refractivity contribution in [1.29, 1.82) is 0 Å². The highest BCUT2D eigenvalue weighted by Crippen LogP contribution is 2.31. The summed E-state index contributed by atoms with van der Waals surface area (Å²) in [6.07, 6.45) is -2.25. The van der Waals surface area contributed by atoms with Crippen molar-refractivity contribution in [3.8, 4) is 0 Å². The van der Waals surface area contributed by atoms with Crippen LogP contribution in [0.3, 0.4) is 0 Å². The Morgan fingerprint density at radius 2 is 1.68 bits per heavy atom. The third kappa shape index (κ3) is 6.59. The Morgan fingerprint density at radius 3 is 2.24 bits per heavy atom. The van der Waals surface area contributed by atoms with Gasteiger partial charge in [-0.2, -0.15) is 8.61 Å². The predicted molar refractivity (Wildman–Crippen MR) is 134 cm³/mol. The largest absolute Gasteiger partial charge is 0.481 e. The second kappa shape index (κ2) is 11.6. The molecule has 0 bridgehead atoms. The van der Waals surface area contributed by atoms with Gasteiger partial charge in [0.2, 0.25) is 20.0 Å². The van der Waals surface area contributed by atoms with Crippen LogP contribution >= 0.6 is 23.2 Å². The van der Waals surface area contributed by atoms with E-state index in [2.05, 4.69) is 5.32 Å². The van der Waals surface area contributed by atoms with Gasteiger partial charge in [0.15, 0.2) is 6.17 Å². The Morgan fingerprint density at radius 1 is 1.05 bits per heavy atom. The fourth-order valence-electron chi connectivity index (χ4n) is 3.91. The van der Waals surface area contributed by atoms with Gasteiger partial charge in [0.05, 0.1) is 33.2 Å². The first-order chi connectivity index (χ1) is 17.3. The van der Waals surface area contributed by atoms with E-state index >= 15 is 0 Å². The molecule has 0 saturated carbocycles. The van der Waals surface area contributed by atoms with Crippen molar-refractivity contribution in [2.75, 3.05) is 18.8 Å². The lowest BCUT2D eigenvalue weighted by Crippen LogP contribution is -2.54. The molecule has 0 radical (unpaired) electrons. The molecule has 3 rings (SSSR count). The van der Waals surface area contributed by atoms with Gasteiger partial charge in [-0.15, -0.1) is 0 Å². The molecule has 10 nitrogen and oxygen atoms in total. The molecule has 37 heavy (non-hydrogen) atoms. The predicted octanol–water partition coefficient (Wildman–Crippen LogP) is 2.84. The number of nitrogens with one attached hydrogen (secondary N) is 1. The number of hydrogen-bond donors (Lipinski definition) is 2. The van der Waals surface area contributed by atoms with Crippen molar-refractivity contribution in [3.05, 3.63) is 63.9 Å². The van der Waals surface area contributed by atoms with Crippen LogP contribution in [0.4, 0.5) is 4.39 Å². The van der Waals surface area contributed by atoms with Gasteiger partial charge >= 0.3 is 5.97 Å². The van der Waals surface area contributed by atoms with E-state index in [0.717, 1.165) is 26.8 Å². The quantitative estimate of drug-likeness (QED) is 0.430. The maximum Gasteiger partial charge on any atom is 0.305 e. The minimum atomic E-state index is -4.45. The molecule has 2 aromatic carbocycles. The zero-order chi connectivity index (χ0) is 27.5. The molecule has 1 aliphatic heterocycles.